The van der Waals surface area contributed by atoms with Crippen molar-refractivity contribution in [2.75, 3.05) is 6.54 Å². The third-order valence-electron chi connectivity index (χ3n) is 3.26. The Balaban J connectivity index is 2.14. The van der Waals surface area contributed by atoms with E-state index in [1.165, 1.54) is 5.56 Å². The minimum absolute atomic E-state index is 0.127. The predicted octanol–water partition coefficient (Wildman–Crippen LogP) is 4.65. The van der Waals surface area contributed by atoms with E-state index in [2.05, 4.69) is 41.9 Å². The molecule has 0 saturated heterocycles. The fourth-order valence-corrected chi connectivity index (χ4v) is 2.47. The molecule has 1 atom stereocenters. The Morgan fingerprint density at radius 1 is 1.05 bits per heavy atom. The maximum atomic E-state index is 5.99. The van der Waals surface area contributed by atoms with Crippen LogP contribution < -0.4 is 10.5 Å². The lowest BCUT2D eigenvalue weighted by molar-refractivity contribution is 0.214. The third-order valence-corrected chi connectivity index (χ3v) is 3.75. The van der Waals surface area contributed by atoms with Gasteiger partial charge in [-0.15, -0.1) is 0 Å². The number of rotatable bonds is 5. The van der Waals surface area contributed by atoms with Gasteiger partial charge in [-0.3, -0.25) is 0 Å². The number of ether oxygens (including phenoxy) is 1. The van der Waals surface area contributed by atoms with Crippen molar-refractivity contribution in [3.63, 3.8) is 0 Å². The monoisotopic (exact) mass is 333 g/mol. The summed E-state index contributed by atoms with van der Waals surface area (Å²) < 4.78 is 7.03. The molecule has 0 heterocycles. The Labute approximate surface area is 129 Å². The van der Waals surface area contributed by atoms with Crippen molar-refractivity contribution in [1.29, 1.82) is 0 Å². The first-order valence-corrected chi connectivity index (χ1v) is 7.61. The number of hydrogen-bond donors (Lipinski definition) is 1. The van der Waals surface area contributed by atoms with Crippen molar-refractivity contribution in [1.82, 2.24) is 0 Å². The fourth-order valence-electron chi connectivity index (χ4n) is 2.05. The van der Waals surface area contributed by atoms with Gasteiger partial charge in [0, 0.05) is 11.0 Å². The largest absolute Gasteiger partial charge is 0.484 e. The summed E-state index contributed by atoms with van der Waals surface area (Å²) >= 11 is 3.47. The van der Waals surface area contributed by atoms with Gasteiger partial charge in [0.25, 0.3) is 0 Å². The van der Waals surface area contributed by atoms with Crippen LogP contribution in [0.3, 0.4) is 0 Å². The van der Waals surface area contributed by atoms with Gasteiger partial charge in [-0.1, -0.05) is 54.0 Å². The minimum atomic E-state index is -0.127. The van der Waals surface area contributed by atoms with Gasteiger partial charge in [0.1, 0.15) is 11.9 Å². The number of hydrogen-bond acceptors (Lipinski definition) is 2. The van der Waals surface area contributed by atoms with Crippen molar-refractivity contribution in [3.8, 4) is 5.75 Å². The molecule has 2 aromatic carbocycles. The predicted molar refractivity (Wildman–Crippen MR) is 87.1 cm³/mol. The van der Waals surface area contributed by atoms with Crippen LogP contribution >= 0.6 is 15.9 Å². The van der Waals surface area contributed by atoms with E-state index in [1.807, 2.05) is 36.4 Å². The van der Waals surface area contributed by atoms with Crippen molar-refractivity contribution in [3.05, 3.63) is 64.1 Å². The van der Waals surface area contributed by atoms with E-state index < -0.39 is 0 Å². The van der Waals surface area contributed by atoms with Crippen LogP contribution in [0.15, 0.2) is 53.0 Å². The molecule has 0 aromatic heterocycles. The first-order valence-electron chi connectivity index (χ1n) is 6.82. The highest BCUT2D eigenvalue weighted by Gasteiger charge is 2.12. The van der Waals surface area contributed by atoms with Crippen LogP contribution in [0.4, 0.5) is 0 Å². The van der Waals surface area contributed by atoms with E-state index in [0.29, 0.717) is 12.5 Å². The molecule has 0 aliphatic heterocycles. The molecule has 2 rings (SSSR count). The summed E-state index contributed by atoms with van der Waals surface area (Å²) in [6.07, 6.45) is -0.127. The van der Waals surface area contributed by atoms with Gasteiger partial charge < -0.3 is 10.5 Å². The Kier molecular flexibility index (Phi) is 5.21. The van der Waals surface area contributed by atoms with Crippen LogP contribution in [-0.4, -0.2) is 6.54 Å². The molecule has 0 aliphatic rings. The highest BCUT2D eigenvalue weighted by molar-refractivity contribution is 9.10. The maximum Gasteiger partial charge on any atom is 0.136 e. The van der Waals surface area contributed by atoms with E-state index in [1.54, 1.807) is 0 Å². The molecular formula is C17H20BrNO. The first-order chi connectivity index (χ1) is 9.60. The number of nitrogens with two attached hydrogens (primary N) is 1. The topological polar surface area (TPSA) is 35.2 Å². The van der Waals surface area contributed by atoms with Crippen molar-refractivity contribution < 1.29 is 4.74 Å². The molecule has 0 bridgehead atoms. The summed E-state index contributed by atoms with van der Waals surface area (Å²) in [4.78, 5) is 0. The lowest BCUT2D eigenvalue weighted by atomic mass is 10.0. The summed E-state index contributed by atoms with van der Waals surface area (Å²) in [6.45, 7) is 4.81. The van der Waals surface area contributed by atoms with Gasteiger partial charge in [0.2, 0.25) is 0 Å². The smallest absolute Gasteiger partial charge is 0.136 e. The summed E-state index contributed by atoms with van der Waals surface area (Å²) in [5.41, 5.74) is 8.23. The van der Waals surface area contributed by atoms with Crippen LogP contribution in [-0.2, 0) is 0 Å². The van der Waals surface area contributed by atoms with Crippen LogP contribution in [0.2, 0.25) is 0 Å². The van der Waals surface area contributed by atoms with E-state index in [4.69, 9.17) is 10.5 Å². The van der Waals surface area contributed by atoms with Crippen LogP contribution in [0.1, 0.15) is 37.0 Å². The molecule has 0 spiro atoms. The highest BCUT2D eigenvalue weighted by Crippen LogP contribution is 2.25. The Hall–Kier alpha value is -1.32. The van der Waals surface area contributed by atoms with E-state index in [-0.39, 0.29) is 6.10 Å². The molecule has 0 amide bonds. The zero-order valence-electron chi connectivity index (χ0n) is 11.8. The first kappa shape index (κ1) is 15.1. The van der Waals surface area contributed by atoms with Gasteiger partial charge in [-0.2, -0.15) is 0 Å². The van der Waals surface area contributed by atoms with Gasteiger partial charge >= 0.3 is 0 Å². The number of halogens is 1. The lowest BCUT2D eigenvalue weighted by Gasteiger charge is -2.18. The summed E-state index contributed by atoms with van der Waals surface area (Å²) in [5.74, 6) is 1.38. The fraction of sp³-hybridized carbons (Fsp3) is 0.294. The molecule has 1 unspecified atom stereocenters. The van der Waals surface area contributed by atoms with Crippen LogP contribution in [0.25, 0.3) is 0 Å². The Morgan fingerprint density at radius 3 is 2.30 bits per heavy atom. The summed E-state index contributed by atoms with van der Waals surface area (Å²) in [7, 11) is 0. The molecule has 0 fully saturated rings. The van der Waals surface area contributed by atoms with Gasteiger partial charge in [0.15, 0.2) is 0 Å². The average molecular weight is 334 g/mol. The normalized spacial score (nSPS) is 12.4. The molecule has 0 radical (unpaired) electrons. The average Bonchev–Trinajstić information content (AvgIpc) is 2.45. The molecule has 0 saturated carbocycles. The number of benzene rings is 2. The van der Waals surface area contributed by atoms with Gasteiger partial charge in [-0.05, 0) is 41.3 Å². The molecule has 20 heavy (non-hydrogen) atoms. The molecule has 106 valence electrons. The third kappa shape index (κ3) is 3.84. The lowest BCUT2D eigenvalue weighted by Crippen LogP contribution is -2.18. The zero-order chi connectivity index (χ0) is 14.5. The zero-order valence-corrected chi connectivity index (χ0v) is 13.4. The minimum Gasteiger partial charge on any atom is -0.484 e. The summed E-state index contributed by atoms with van der Waals surface area (Å²) in [6, 6.07) is 16.3. The van der Waals surface area contributed by atoms with E-state index in [9.17, 15) is 0 Å². The molecular weight excluding hydrogens is 314 g/mol. The second-order valence-corrected chi connectivity index (χ2v) is 6.04. The highest BCUT2D eigenvalue weighted by atomic mass is 79.9. The van der Waals surface area contributed by atoms with E-state index in [0.717, 1.165) is 15.8 Å². The molecule has 3 heteroatoms. The quantitative estimate of drug-likeness (QED) is 0.864. The molecule has 2 aromatic rings. The molecule has 2 N–H and O–H groups in total. The van der Waals surface area contributed by atoms with Gasteiger partial charge in [0.05, 0.1) is 0 Å². The van der Waals surface area contributed by atoms with E-state index >= 15 is 0 Å². The van der Waals surface area contributed by atoms with Gasteiger partial charge in [-0.25, -0.2) is 0 Å². The molecule has 2 nitrogen and oxygen atoms in total. The Bertz CT molecular complexity index is 551. The van der Waals surface area contributed by atoms with Crippen molar-refractivity contribution in [2.24, 2.45) is 5.73 Å². The SMILES string of the molecule is CC(C)c1ccc(OC(CN)c2cccc(Br)c2)cc1. The maximum absolute atomic E-state index is 5.99. The molecule has 0 aliphatic carbocycles. The van der Waals surface area contributed by atoms with Crippen molar-refractivity contribution >= 4 is 15.9 Å². The Morgan fingerprint density at radius 2 is 1.75 bits per heavy atom. The van der Waals surface area contributed by atoms with Crippen LogP contribution in [0.5, 0.6) is 5.75 Å². The summed E-state index contributed by atoms with van der Waals surface area (Å²) in [5, 5.41) is 0. The van der Waals surface area contributed by atoms with Crippen molar-refractivity contribution in [2.45, 2.75) is 25.9 Å². The second-order valence-electron chi connectivity index (χ2n) is 5.12. The van der Waals surface area contributed by atoms with Crippen LogP contribution in [0, 0.1) is 0 Å². The second kappa shape index (κ2) is 6.91. The standard InChI is InChI=1S/C17H20BrNO/c1-12(2)13-6-8-16(9-7-13)20-17(11-19)14-4-3-5-15(18)10-14/h3-10,12,17H,11,19H2,1-2H3.